The Morgan fingerprint density at radius 3 is 2.58 bits per heavy atom. The van der Waals surface area contributed by atoms with Crippen LogP contribution in [0.3, 0.4) is 0 Å². The summed E-state index contributed by atoms with van der Waals surface area (Å²) in [4.78, 5) is 36.7. The van der Waals surface area contributed by atoms with Gasteiger partial charge in [0.1, 0.15) is 29.9 Å². The molecule has 0 spiro atoms. The number of anilines is 1. The molecule has 1 aliphatic rings. The Kier molecular flexibility index (Phi) is 6.51. The van der Waals surface area contributed by atoms with E-state index in [4.69, 9.17) is 22.1 Å². The van der Waals surface area contributed by atoms with Gasteiger partial charge in [0.2, 0.25) is 0 Å². The zero-order valence-corrected chi connectivity index (χ0v) is 20.8. The normalized spacial score (nSPS) is 16.6. The first-order chi connectivity index (χ1) is 17.3. The Morgan fingerprint density at radius 1 is 1.11 bits per heavy atom. The molecule has 0 aliphatic carbocycles. The fourth-order valence-electron chi connectivity index (χ4n) is 4.28. The maximum Gasteiger partial charge on any atom is 0.340 e. The lowest BCUT2D eigenvalue weighted by Gasteiger charge is -2.20. The van der Waals surface area contributed by atoms with Crippen LogP contribution in [0.25, 0.3) is 22.6 Å². The lowest BCUT2D eigenvalue weighted by atomic mass is 10.1. The minimum atomic E-state index is -0.624. The highest BCUT2D eigenvalue weighted by Gasteiger charge is 2.29. The number of carbonyl (C=O) groups excluding carboxylic acids is 1. The predicted octanol–water partition coefficient (Wildman–Crippen LogP) is 3.31. The lowest BCUT2D eigenvalue weighted by molar-refractivity contribution is -0.150. The van der Waals surface area contributed by atoms with Crippen LogP contribution in [0.4, 0.5) is 5.82 Å². The minimum Gasteiger partial charge on any atom is -0.459 e. The number of aromatic nitrogens is 4. The quantitative estimate of drug-likeness (QED) is 0.400. The molecule has 9 nitrogen and oxygen atoms in total. The fourth-order valence-corrected chi connectivity index (χ4v) is 4.41. The zero-order chi connectivity index (χ0) is 25.4. The number of ether oxygens (including phenoxy) is 1. The molecule has 2 N–H and O–H groups in total. The molecule has 10 heteroatoms. The standard InChI is InChI=1S/C26H27ClN6O3/c1-16(2)24(28)25(34)36-20-11-12-31(14-20)22-9-7-19(13-29-22)32-15-30-23-10-8-21(33(23)26(32)35)17-3-5-18(27)6-4-17/h3-10,13,15-16,20,24H,11-12,14,28H2,1-2H3/t20-,24?/m1/s1. The average Bonchev–Trinajstić information content (AvgIpc) is 3.52. The molecule has 4 aromatic rings. The van der Waals surface area contributed by atoms with E-state index in [1.807, 2.05) is 50.2 Å². The van der Waals surface area contributed by atoms with Gasteiger partial charge in [-0.05, 0) is 47.9 Å². The van der Waals surface area contributed by atoms with Crippen molar-refractivity contribution in [3.8, 4) is 16.9 Å². The third-order valence-electron chi connectivity index (χ3n) is 6.46. The minimum absolute atomic E-state index is 0.0233. The molecular formula is C26H27ClN6O3. The number of carbonyl (C=O) groups is 1. The van der Waals surface area contributed by atoms with E-state index in [1.54, 1.807) is 22.7 Å². The highest BCUT2D eigenvalue weighted by Crippen LogP contribution is 2.24. The van der Waals surface area contributed by atoms with Crippen LogP contribution in [-0.4, -0.2) is 50.1 Å². The van der Waals surface area contributed by atoms with Crippen LogP contribution in [0.5, 0.6) is 0 Å². The van der Waals surface area contributed by atoms with Crippen molar-refractivity contribution < 1.29 is 9.53 Å². The SMILES string of the molecule is CC(C)C(N)C(=O)O[C@@H]1CCN(c2ccc(-n3cnc4ccc(-c5ccc(Cl)cc5)n4c3=O)cn2)C1. The van der Waals surface area contributed by atoms with Crippen molar-refractivity contribution in [1.29, 1.82) is 0 Å². The second kappa shape index (κ2) is 9.75. The topological polar surface area (TPSA) is 108 Å². The van der Waals surface area contributed by atoms with Crippen LogP contribution < -0.4 is 16.3 Å². The zero-order valence-electron chi connectivity index (χ0n) is 20.0. The van der Waals surface area contributed by atoms with Crippen molar-refractivity contribution in [2.75, 3.05) is 18.0 Å². The number of benzene rings is 1. The van der Waals surface area contributed by atoms with Crippen molar-refractivity contribution in [3.05, 3.63) is 76.6 Å². The van der Waals surface area contributed by atoms with Crippen LogP contribution in [0, 0.1) is 5.92 Å². The van der Waals surface area contributed by atoms with Crippen LogP contribution >= 0.6 is 11.6 Å². The van der Waals surface area contributed by atoms with E-state index in [2.05, 4.69) is 14.9 Å². The highest BCUT2D eigenvalue weighted by atomic mass is 35.5. The van der Waals surface area contributed by atoms with Gasteiger partial charge < -0.3 is 15.4 Å². The Labute approximate surface area is 213 Å². The van der Waals surface area contributed by atoms with E-state index in [9.17, 15) is 9.59 Å². The Balaban J connectivity index is 1.35. The van der Waals surface area contributed by atoms with Crippen LogP contribution in [0.2, 0.25) is 5.02 Å². The molecule has 0 bridgehead atoms. The van der Waals surface area contributed by atoms with Gasteiger partial charge in [0.15, 0.2) is 0 Å². The molecule has 3 aromatic heterocycles. The maximum absolute atomic E-state index is 13.4. The third-order valence-corrected chi connectivity index (χ3v) is 6.71. The summed E-state index contributed by atoms with van der Waals surface area (Å²) in [5.41, 5.74) is 8.40. The second-order valence-electron chi connectivity index (χ2n) is 9.25. The van der Waals surface area contributed by atoms with E-state index in [0.717, 1.165) is 17.1 Å². The molecule has 4 heterocycles. The van der Waals surface area contributed by atoms with E-state index in [1.165, 1.54) is 10.9 Å². The van der Waals surface area contributed by atoms with Crippen molar-refractivity contribution >= 4 is 29.0 Å². The van der Waals surface area contributed by atoms with Gasteiger partial charge in [-0.1, -0.05) is 37.6 Å². The largest absolute Gasteiger partial charge is 0.459 e. The molecule has 1 saturated heterocycles. The molecule has 0 saturated carbocycles. The first kappa shape index (κ1) is 24.0. The Morgan fingerprint density at radius 2 is 1.89 bits per heavy atom. The molecule has 36 heavy (non-hydrogen) atoms. The number of esters is 1. The molecule has 1 unspecified atom stereocenters. The molecule has 1 aliphatic heterocycles. The predicted molar refractivity (Wildman–Crippen MR) is 139 cm³/mol. The molecular weight excluding hydrogens is 480 g/mol. The number of rotatable bonds is 6. The van der Waals surface area contributed by atoms with Crippen molar-refractivity contribution in [3.63, 3.8) is 0 Å². The Hall–Kier alpha value is -3.69. The summed E-state index contributed by atoms with van der Waals surface area (Å²) in [6.45, 7) is 5.05. The summed E-state index contributed by atoms with van der Waals surface area (Å²) in [6, 6.07) is 14.0. The maximum atomic E-state index is 13.4. The number of halogens is 1. The number of fused-ring (bicyclic) bond motifs is 1. The van der Waals surface area contributed by atoms with Crippen LogP contribution in [0.15, 0.2) is 65.8 Å². The molecule has 5 rings (SSSR count). The van der Waals surface area contributed by atoms with Gasteiger partial charge in [0.05, 0.1) is 24.1 Å². The second-order valence-corrected chi connectivity index (χ2v) is 9.69. The number of nitrogens with zero attached hydrogens (tertiary/aromatic N) is 5. The molecule has 1 aromatic carbocycles. The van der Waals surface area contributed by atoms with Crippen LogP contribution in [-0.2, 0) is 9.53 Å². The monoisotopic (exact) mass is 506 g/mol. The smallest absolute Gasteiger partial charge is 0.340 e. The van der Waals surface area contributed by atoms with Gasteiger partial charge in [-0.2, -0.15) is 0 Å². The summed E-state index contributed by atoms with van der Waals surface area (Å²) in [7, 11) is 0. The van der Waals surface area contributed by atoms with E-state index in [-0.39, 0.29) is 23.7 Å². The number of pyridine rings is 1. The Bertz CT molecular complexity index is 1450. The van der Waals surface area contributed by atoms with Crippen LogP contribution in [0.1, 0.15) is 20.3 Å². The van der Waals surface area contributed by atoms with Gasteiger partial charge in [-0.3, -0.25) is 9.36 Å². The van der Waals surface area contributed by atoms with Gasteiger partial charge in [0.25, 0.3) is 0 Å². The van der Waals surface area contributed by atoms with Gasteiger partial charge in [0, 0.05) is 18.0 Å². The number of nitrogens with two attached hydrogens (primary N) is 1. The fraction of sp³-hybridized carbons (Fsp3) is 0.308. The van der Waals surface area contributed by atoms with Crippen molar-refractivity contribution in [1.82, 2.24) is 18.9 Å². The summed E-state index contributed by atoms with van der Waals surface area (Å²) in [5, 5.41) is 0.628. The summed E-state index contributed by atoms with van der Waals surface area (Å²) < 4.78 is 8.62. The van der Waals surface area contributed by atoms with Gasteiger partial charge in [-0.15, -0.1) is 0 Å². The van der Waals surface area contributed by atoms with Crippen molar-refractivity contribution in [2.45, 2.75) is 32.4 Å². The van der Waals surface area contributed by atoms with Gasteiger partial charge in [-0.25, -0.2) is 19.2 Å². The molecule has 0 amide bonds. The highest BCUT2D eigenvalue weighted by molar-refractivity contribution is 6.30. The van der Waals surface area contributed by atoms with Gasteiger partial charge >= 0.3 is 11.7 Å². The molecule has 2 atom stereocenters. The summed E-state index contributed by atoms with van der Waals surface area (Å²) in [6.07, 6.45) is 3.63. The first-order valence-electron chi connectivity index (χ1n) is 11.8. The molecule has 1 fully saturated rings. The molecule has 0 radical (unpaired) electrons. The molecule has 186 valence electrons. The first-order valence-corrected chi connectivity index (χ1v) is 12.2. The van der Waals surface area contributed by atoms with E-state index >= 15 is 0 Å². The average molecular weight is 507 g/mol. The van der Waals surface area contributed by atoms with E-state index < -0.39 is 6.04 Å². The van der Waals surface area contributed by atoms with Crippen molar-refractivity contribution in [2.24, 2.45) is 11.7 Å². The number of hydrogen-bond donors (Lipinski definition) is 1. The number of hydrogen-bond acceptors (Lipinski definition) is 7. The summed E-state index contributed by atoms with van der Waals surface area (Å²) >= 11 is 6.02. The third kappa shape index (κ3) is 4.59. The van der Waals surface area contributed by atoms with E-state index in [0.29, 0.717) is 35.9 Å². The lowest BCUT2D eigenvalue weighted by Crippen LogP contribution is -2.39. The summed E-state index contributed by atoms with van der Waals surface area (Å²) in [5.74, 6) is 0.399.